The minimum Gasteiger partial charge on any atom is -0.497 e. The van der Waals surface area contributed by atoms with Crippen molar-refractivity contribution < 1.29 is 14.1 Å². The number of hydrogen-bond donors (Lipinski definition) is 2. The van der Waals surface area contributed by atoms with Crippen LogP contribution in [0.2, 0.25) is 0 Å². The quantitative estimate of drug-likeness (QED) is 0.690. The number of carbonyl (C=O) groups is 1. The minimum absolute atomic E-state index is 0.00258. The van der Waals surface area contributed by atoms with E-state index in [1.54, 1.807) is 24.7 Å². The van der Waals surface area contributed by atoms with E-state index in [-0.39, 0.29) is 12.5 Å². The summed E-state index contributed by atoms with van der Waals surface area (Å²) in [4.78, 5) is 12.2. The van der Waals surface area contributed by atoms with E-state index in [0.717, 1.165) is 11.3 Å². The fraction of sp³-hybridized carbons (Fsp3) is 0.200. The molecule has 0 radical (unpaired) electrons. The Hall–Kier alpha value is -2.94. The number of carbonyl (C=O) groups excluding carboxylic acids is 1. The molecule has 0 saturated carbocycles. The van der Waals surface area contributed by atoms with Gasteiger partial charge in [0.2, 0.25) is 5.91 Å². The van der Waals surface area contributed by atoms with Crippen LogP contribution >= 0.6 is 12.2 Å². The molecule has 124 valence electrons. The summed E-state index contributed by atoms with van der Waals surface area (Å²) in [5.74, 6) is 1.99. The van der Waals surface area contributed by atoms with Gasteiger partial charge in [-0.1, -0.05) is 5.16 Å². The van der Waals surface area contributed by atoms with Crippen LogP contribution in [0.5, 0.6) is 5.75 Å². The number of benzene rings is 1. The van der Waals surface area contributed by atoms with Crippen LogP contribution in [0.25, 0.3) is 11.4 Å². The van der Waals surface area contributed by atoms with E-state index in [9.17, 15) is 4.79 Å². The molecular weight excluding hydrogens is 330 g/mol. The van der Waals surface area contributed by atoms with Crippen LogP contribution < -0.4 is 10.1 Å². The maximum Gasteiger partial charge on any atom is 0.245 e. The summed E-state index contributed by atoms with van der Waals surface area (Å²) in [6, 6.07) is 8.96. The number of nitrogens with zero attached hydrogens (tertiary/aromatic N) is 3. The molecule has 9 heteroatoms. The molecule has 2 aromatic heterocycles. The van der Waals surface area contributed by atoms with Crippen LogP contribution in [-0.2, 0) is 11.3 Å². The van der Waals surface area contributed by atoms with Gasteiger partial charge in [0.25, 0.3) is 0 Å². The number of amides is 1. The lowest BCUT2D eigenvalue weighted by atomic mass is 10.2. The molecule has 0 saturated heterocycles. The standard InChI is InChI=1S/C15H15N5O3S/c1-9-7-12(19-23-9)16-13(21)8-20-14(17-18-15(20)24)10-3-5-11(22-2)6-4-10/h3-7H,8H2,1-2H3,(H,18,24)(H,16,19,21). The van der Waals surface area contributed by atoms with Crippen LogP contribution in [0.4, 0.5) is 5.82 Å². The summed E-state index contributed by atoms with van der Waals surface area (Å²) in [7, 11) is 1.60. The Kier molecular flexibility index (Phi) is 4.43. The zero-order valence-electron chi connectivity index (χ0n) is 13.1. The lowest BCUT2D eigenvalue weighted by Gasteiger charge is -2.07. The molecule has 0 atom stereocenters. The zero-order chi connectivity index (χ0) is 17.1. The second-order valence-electron chi connectivity index (χ2n) is 5.04. The highest BCUT2D eigenvalue weighted by Crippen LogP contribution is 2.21. The smallest absolute Gasteiger partial charge is 0.245 e. The highest BCUT2D eigenvalue weighted by molar-refractivity contribution is 7.71. The first-order valence-corrected chi connectivity index (χ1v) is 7.50. The molecule has 0 bridgehead atoms. The highest BCUT2D eigenvalue weighted by atomic mass is 32.1. The maximum absolute atomic E-state index is 12.2. The van der Waals surface area contributed by atoms with Gasteiger partial charge in [0.1, 0.15) is 18.1 Å². The van der Waals surface area contributed by atoms with E-state index in [0.29, 0.717) is 22.2 Å². The van der Waals surface area contributed by atoms with Crippen molar-refractivity contribution >= 4 is 23.9 Å². The first-order chi connectivity index (χ1) is 11.6. The summed E-state index contributed by atoms with van der Waals surface area (Å²) in [6.07, 6.45) is 0. The number of aryl methyl sites for hydroxylation is 1. The van der Waals surface area contributed by atoms with Crippen molar-refractivity contribution in [3.8, 4) is 17.1 Å². The average Bonchev–Trinajstić information content (AvgIpc) is 3.14. The second kappa shape index (κ2) is 6.67. The normalized spacial score (nSPS) is 10.6. The van der Waals surface area contributed by atoms with Gasteiger partial charge < -0.3 is 14.6 Å². The number of rotatable bonds is 5. The van der Waals surface area contributed by atoms with E-state index in [1.165, 1.54) is 0 Å². The summed E-state index contributed by atoms with van der Waals surface area (Å²) < 4.78 is 12.0. The third-order valence-corrected chi connectivity index (χ3v) is 3.62. The second-order valence-corrected chi connectivity index (χ2v) is 5.42. The monoisotopic (exact) mass is 345 g/mol. The minimum atomic E-state index is -0.282. The molecule has 0 aliphatic rings. The molecule has 24 heavy (non-hydrogen) atoms. The van der Waals surface area contributed by atoms with E-state index < -0.39 is 0 Å². The summed E-state index contributed by atoms with van der Waals surface area (Å²) in [5, 5.41) is 13.3. The van der Waals surface area contributed by atoms with Crippen LogP contribution in [0.1, 0.15) is 5.76 Å². The van der Waals surface area contributed by atoms with Gasteiger partial charge in [-0.3, -0.25) is 14.5 Å². The largest absolute Gasteiger partial charge is 0.497 e. The third-order valence-electron chi connectivity index (χ3n) is 3.30. The van der Waals surface area contributed by atoms with Crippen molar-refractivity contribution in [1.29, 1.82) is 0 Å². The van der Waals surface area contributed by atoms with Crippen molar-refractivity contribution in [2.45, 2.75) is 13.5 Å². The molecule has 0 spiro atoms. The molecule has 1 amide bonds. The summed E-state index contributed by atoms with van der Waals surface area (Å²) >= 11 is 5.21. The Labute approximate surface area is 142 Å². The van der Waals surface area contributed by atoms with E-state index >= 15 is 0 Å². The van der Waals surface area contributed by atoms with Crippen LogP contribution in [0, 0.1) is 11.7 Å². The summed E-state index contributed by atoms with van der Waals surface area (Å²) in [6.45, 7) is 1.75. The Morgan fingerprint density at radius 3 is 2.79 bits per heavy atom. The van der Waals surface area contributed by atoms with E-state index in [1.807, 2.05) is 24.3 Å². The van der Waals surface area contributed by atoms with Gasteiger partial charge in [0.05, 0.1) is 7.11 Å². The zero-order valence-corrected chi connectivity index (χ0v) is 13.9. The number of hydrogen-bond acceptors (Lipinski definition) is 6. The Bertz CT molecular complexity index is 910. The van der Waals surface area contributed by atoms with E-state index in [4.69, 9.17) is 21.5 Å². The van der Waals surface area contributed by atoms with Gasteiger partial charge in [-0.05, 0) is 43.4 Å². The Morgan fingerprint density at radius 1 is 1.42 bits per heavy atom. The van der Waals surface area contributed by atoms with Crippen LogP contribution in [0.15, 0.2) is 34.9 Å². The van der Waals surface area contributed by atoms with Crippen molar-refractivity contribution in [1.82, 2.24) is 19.9 Å². The fourth-order valence-electron chi connectivity index (χ4n) is 2.18. The molecule has 0 aliphatic carbocycles. The average molecular weight is 345 g/mol. The van der Waals surface area contributed by atoms with Gasteiger partial charge in [-0.25, -0.2) is 0 Å². The Balaban J connectivity index is 1.81. The predicted octanol–water partition coefficient (Wildman–Crippen LogP) is 2.55. The fourth-order valence-corrected chi connectivity index (χ4v) is 2.37. The molecule has 2 heterocycles. The number of aromatic nitrogens is 4. The highest BCUT2D eigenvalue weighted by Gasteiger charge is 2.13. The molecule has 0 fully saturated rings. The first kappa shape index (κ1) is 15.9. The van der Waals surface area contributed by atoms with Crippen molar-refractivity contribution in [2.24, 2.45) is 0 Å². The van der Waals surface area contributed by atoms with Gasteiger partial charge >= 0.3 is 0 Å². The molecule has 0 aliphatic heterocycles. The van der Waals surface area contributed by atoms with Crippen molar-refractivity contribution in [3.05, 3.63) is 40.9 Å². The summed E-state index contributed by atoms with van der Waals surface area (Å²) in [5.41, 5.74) is 0.813. The van der Waals surface area contributed by atoms with Crippen LogP contribution in [0.3, 0.4) is 0 Å². The number of ether oxygens (including phenoxy) is 1. The first-order valence-electron chi connectivity index (χ1n) is 7.09. The predicted molar refractivity (Wildman–Crippen MR) is 89.3 cm³/mol. The lowest BCUT2D eigenvalue weighted by molar-refractivity contribution is -0.116. The Morgan fingerprint density at radius 2 is 2.17 bits per heavy atom. The number of methoxy groups -OCH3 is 1. The number of nitrogens with one attached hydrogen (secondary N) is 2. The van der Waals surface area contributed by atoms with Gasteiger partial charge in [-0.15, -0.1) is 0 Å². The number of aromatic amines is 1. The van der Waals surface area contributed by atoms with Gasteiger partial charge in [-0.2, -0.15) is 5.10 Å². The molecule has 1 aromatic carbocycles. The van der Waals surface area contributed by atoms with Crippen molar-refractivity contribution in [2.75, 3.05) is 12.4 Å². The SMILES string of the molecule is COc1ccc(-c2n[nH]c(=S)n2CC(=O)Nc2cc(C)on2)cc1. The lowest BCUT2D eigenvalue weighted by Crippen LogP contribution is -2.19. The number of anilines is 1. The molecule has 3 rings (SSSR count). The van der Waals surface area contributed by atoms with Crippen molar-refractivity contribution in [3.63, 3.8) is 0 Å². The third kappa shape index (κ3) is 3.35. The molecule has 8 nitrogen and oxygen atoms in total. The molecular formula is C15H15N5O3S. The van der Waals surface area contributed by atoms with E-state index in [2.05, 4.69) is 20.7 Å². The van der Waals surface area contributed by atoms with Crippen LogP contribution in [-0.4, -0.2) is 32.9 Å². The van der Waals surface area contributed by atoms with Gasteiger partial charge in [0.15, 0.2) is 16.4 Å². The maximum atomic E-state index is 12.2. The molecule has 0 unspecified atom stereocenters. The molecule has 3 aromatic rings. The topological polar surface area (TPSA) is 98.0 Å². The van der Waals surface area contributed by atoms with Gasteiger partial charge in [0, 0.05) is 11.6 Å². The molecule has 2 N–H and O–H groups in total. The number of H-pyrrole nitrogens is 1.